The van der Waals surface area contributed by atoms with Crippen molar-refractivity contribution in [3.05, 3.63) is 58.4 Å². The van der Waals surface area contributed by atoms with Gasteiger partial charge in [-0.25, -0.2) is 12.8 Å². The smallest absolute Gasteiger partial charge is 0.255 e. The van der Waals surface area contributed by atoms with Gasteiger partial charge >= 0.3 is 0 Å². The van der Waals surface area contributed by atoms with Crippen molar-refractivity contribution in [2.45, 2.75) is 48.4 Å². The fourth-order valence-electron chi connectivity index (χ4n) is 4.95. The minimum Gasteiger partial charge on any atom is -0.390 e. The van der Waals surface area contributed by atoms with Gasteiger partial charge in [-0.1, -0.05) is 11.6 Å². The van der Waals surface area contributed by atoms with Crippen molar-refractivity contribution in [1.82, 2.24) is 0 Å². The summed E-state index contributed by atoms with van der Waals surface area (Å²) in [6.45, 7) is 1.78. The zero-order chi connectivity index (χ0) is 23.3. The van der Waals surface area contributed by atoms with E-state index >= 15 is 0 Å². The van der Waals surface area contributed by atoms with E-state index in [2.05, 4.69) is 5.32 Å². The number of carbonyl (C=O) groups excluding carboxylic acids is 1. The monoisotopic (exact) mass is 476 g/mol. The Labute approximate surface area is 190 Å². The molecule has 2 aliphatic carbocycles. The van der Waals surface area contributed by atoms with E-state index in [0.29, 0.717) is 12.8 Å². The summed E-state index contributed by atoms with van der Waals surface area (Å²) in [6.07, 6.45) is 2.29. The number of fused-ring (bicyclic) bond motifs is 2. The first kappa shape index (κ1) is 22.7. The maximum Gasteiger partial charge on any atom is 0.255 e. The van der Waals surface area contributed by atoms with Crippen LogP contribution in [-0.2, 0) is 9.84 Å². The molecule has 1 amide bonds. The average molecular weight is 477 g/mol. The predicted octanol–water partition coefficient (Wildman–Crippen LogP) is 4.32. The van der Waals surface area contributed by atoms with Crippen molar-refractivity contribution >= 4 is 33.0 Å². The third-order valence-corrected chi connectivity index (χ3v) is 9.55. The van der Waals surface area contributed by atoms with Gasteiger partial charge < -0.3 is 10.4 Å². The number of carbonyl (C=O) groups is 1. The molecule has 0 aliphatic heterocycles. The molecule has 2 saturated carbocycles. The third-order valence-electron chi connectivity index (χ3n) is 6.90. The molecule has 2 aromatic rings. The summed E-state index contributed by atoms with van der Waals surface area (Å²) in [7, 11) is -3.83. The Morgan fingerprint density at radius 2 is 1.88 bits per heavy atom. The molecule has 4 atom stereocenters. The highest BCUT2D eigenvalue weighted by Crippen LogP contribution is 2.51. The molecular formula is C23H22ClFN2O4S. The molecule has 2 unspecified atom stereocenters. The maximum atomic E-state index is 13.8. The molecule has 6 nitrogen and oxygen atoms in total. The van der Waals surface area contributed by atoms with Crippen molar-refractivity contribution in [2.24, 2.45) is 11.8 Å². The van der Waals surface area contributed by atoms with Crippen LogP contribution in [0.25, 0.3) is 0 Å². The Kier molecular flexibility index (Phi) is 5.78. The van der Waals surface area contributed by atoms with Crippen LogP contribution in [-0.4, -0.2) is 30.3 Å². The van der Waals surface area contributed by atoms with Gasteiger partial charge in [0.25, 0.3) is 5.91 Å². The second-order valence-corrected chi connectivity index (χ2v) is 11.3. The van der Waals surface area contributed by atoms with Crippen LogP contribution in [0.2, 0.25) is 5.02 Å². The number of nitrogens with zero attached hydrogens (tertiary/aromatic N) is 1. The van der Waals surface area contributed by atoms with E-state index in [9.17, 15) is 22.7 Å². The summed E-state index contributed by atoms with van der Waals surface area (Å²) in [5, 5.41) is 21.3. The first-order valence-electron chi connectivity index (χ1n) is 10.3. The first-order chi connectivity index (χ1) is 15.0. The van der Waals surface area contributed by atoms with Crippen LogP contribution in [0.15, 0.2) is 41.3 Å². The standard InChI is InChI=1S/C23H22ClFN2O4S/c1-23(29)15-4-5-16(23)10-18(9-15)32(30,31)21-8-13(3-7-19(21)24)22(28)27-17-6-2-14(12-26)20(25)11-17/h2-3,6-8,11,15-16,18,29H,4-5,9-10H2,1H3,(H,27,28)/t15-,16?,18?,23-/m0/s1. The summed E-state index contributed by atoms with van der Waals surface area (Å²) in [5.74, 6) is -1.57. The summed E-state index contributed by atoms with van der Waals surface area (Å²) in [4.78, 5) is 12.6. The van der Waals surface area contributed by atoms with Crippen molar-refractivity contribution in [2.75, 3.05) is 5.32 Å². The van der Waals surface area contributed by atoms with Gasteiger partial charge in [0.05, 0.1) is 26.3 Å². The third kappa shape index (κ3) is 3.90. The zero-order valence-electron chi connectivity index (χ0n) is 17.3. The molecule has 0 heterocycles. The number of aliphatic hydroxyl groups is 1. The Morgan fingerprint density at radius 3 is 2.47 bits per heavy atom. The van der Waals surface area contributed by atoms with Crippen LogP contribution in [0.4, 0.5) is 10.1 Å². The quantitative estimate of drug-likeness (QED) is 0.683. The molecule has 2 N–H and O–H groups in total. The van der Waals surface area contributed by atoms with E-state index in [0.717, 1.165) is 18.9 Å². The van der Waals surface area contributed by atoms with Crippen molar-refractivity contribution in [3.63, 3.8) is 0 Å². The van der Waals surface area contributed by atoms with E-state index in [1.165, 1.54) is 30.3 Å². The molecule has 2 aliphatic rings. The molecular weight excluding hydrogens is 455 g/mol. The number of nitriles is 1. The summed E-state index contributed by atoms with van der Waals surface area (Å²) in [6, 6.07) is 9.34. The number of rotatable bonds is 4. The maximum absolute atomic E-state index is 13.8. The van der Waals surface area contributed by atoms with Crippen molar-refractivity contribution in [3.8, 4) is 6.07 Å². The lowest BCUT2D eigenvalue weighted by Gasteiger charge is -2.40. The average Bonchev–Trinajstić information content (AvgIpc) is 2.91. The summed E-state index contributed by atoms with van der Waals surface area (Å²) < 4.78 is 40.6. The molecule has 32 heavy (non-hydrogen) atoms. The number of hydrogen-bond acceptors (Lipinski definition) is 5. The topological polar surface area (TPSA) is 107 Å². The molecule has 2 fully saturated rings. The zero-order valence-corrected chi connectivity index (χ0v) is 18.9. The molecule has 0 aromatic heterocycles. The van der Waals surface area contributed by atoms with Crippen LogP contribution >= 0.6 is 11.6 Å². The number of halogens is 2. The van der Waals surface area contributed by atoms with E-state index in [4.69, 9.17) is 16.9 Å². The highest BCUT2D eigenvalue weighted by atomic mass is 35.5. The van der Waals surface area contributed by atoms with E-state index in [1.807, 2.05) is 0 Å². The predicted molar refractivity (Wildman–Crippen MR) is 118 cm³/mol. The lowest BCUT2D eigenvalue weighted by molar-refractivity contribution is -0.0413. The Balaban J connectivity index is 1.59. The molecule has 0 saturated heterocycles. The largest absolute Gasteiger partial charge is 0.390 e. The van der Waals surface area contributed by atoms with Gasteiger partial charge in [-0.05, 0) is 80.8 Å². The number of benzene rings is 2. The molecule has 4 rings (SSSR count). The van der Waals surface area contributed by atoms with E-state index in [1.54, 1.807) is 13.0 Å². The summed E-state index contributed by atoms with van der Waals surface area (Å²) in [5.41, 5.74) is -0.808. The minimum absolute atomic E-state index is 0.0237. The van der Waals surface area contributed by atoms with Gasteiger partial charge in [0.2, 0.25) is 0 Å². The molecule has 168 valence electrons. The van der Waals surface area contributed by atoms with Crippen LogP contribution in [0, 0.1) is 29.0 Å². The van der Waals surface area contributed by atoms with Gasteiger partial charge in [-0.3, -0.25) is 4.79 Å². The minimum atomic E-state index is -3.83. The van der Waals surface area contributed by atoms with Crippen LogP contribution < -0.4 is 5.32 Å². The lowest BCUT2D eigenvalue weighted by Crippen LogP contribution is -2.45. The second kappa shape index (κ2) is 8.14. The van der Waals surface area contributed by atoms with Gasteiger partial charge in [-0.15, -0.1) is 0 Å². The highest BCUT2D eigenvalue weighted by molar-refractivity contribution is 7.92. The van der Waals surface area contributed by atoms with Crippen molar-refractivity contribution < 1.29 is 22.7 Å². The Bertz CT molecular complexity index is 1220. The fourth-order valence-corrected chi connectivity index (χ4v) is 7.35. The number of nitrogens with one attached hydrogen (secondary N) is 1. The van der Waals surface area contributed by atoms with Gasteiger partial charge in [0.15, 0.2) is 9.84 Å². The molecule has 0 radical (unpaired) electrons. The lowest BCUT2D eigenvalue weighted by atomic mass is 9.76. The summed E-state index contributed by atoms with van der Waals surface area (Å²) >= 11 is 6.22. The van der Waals surface area contributed by atoms with Crippen LogP contribution in [0.5, 0.6) is 0 Å². The normalized spacial score (nSPS) is 27.0. The van der Waals surface area contributed by atoms with Crippen molar-refractivity contribution in [1.29, 1.82) is 5.26 Å². The number of hydrogen-bond donors (Lipinski definition) is 2. The highest BCUT2D eigenvalue weighted by Gasteiger charge is 2.53. The molecule has 9 heteroatoms. The SMILES string of the molecule is C[C@@]1(O)C2CC[C@H]1CC(S(=O)(=O)c1cc(C(=O)Nc3ccc(C#N)c(F)c3)ccc1Cl)C2. The Hall–Kier alpha value is -2.47. The Morgan fingerprint density at radius 1 is 1.22 bits per heavy atom. The van der Waals surface area contributed by atoms with Crippen LogP contribution in [0.1, 0.15) is 48.5 Å². The molecule has 2 bridgehead atoms. The van der Waals surface area contributed by atoms with E-state index < -0.39 is 32.4 Å². The first-order valence-corrected chi connectivity index (χ1v) is 12.2. The molecule has 2 aromatic carbocycles. The van der Waals surface area contributed by atoms with Gasteiger partial charge in [0, 0.05) is 11.3 Å². The fraction of sp³-hybridized carbons (Fsp3) is 0.391. The number of amides is 1. The van der Waals surface area contributed by atoms with Gasteiger partial charge in [0.1, 0.15) is 11.9 Å². The second-order valence-electron chi connectivity index (χ2n) is 8.74. The molecule has 0 spiro atoms. The van der Waals surface area contributed by atoms with Gasteiger partial charge in [-0.2, -0.15) is 5.26 Å². The van der Waals surface area contributed by atoms with E-state index in [-0.39, 0.29) is 38.6 Å². The number of sulfone groups is 1. The number of anilines is 1. The van der Waals surface area contributed by atoms with Crippen LogP contribution in [0.3, 0.4) is 0 Å².